The Labute approximate surface area is 183 Å². The number of ether oxygens (including phenoxy) is 1. The van der Waals surface area contributed by atoms with Crippen LogP contribution in [0.15, 0.2) is 48.5 Å². The summed E-state index contributed by atoms with van der Waals surface area (Å²) in [6.07, 6.45) is -4.85. The minimum absolute atomic E-state index is 0.0670. The van der Waals surface area contributed by atoms with Crippen LogP contribution in [0, 0.1) is 0 Å². The predicted octanol–water partition coefficient (Wildman–Crippen LogP) is 5.59. The van der Waals surface area contributed by atoms with Gasteiger partial charge >= 0.3 is 12.3 Å². The van der Waals surface area contributed by atoms with Gasteiger partial charge in [-0.2, -0.15) is 4.98 Å². The molecule has 2 aromatic carbocycles. The normalized spacial score (nSPS) is 11.1. The summed E-state index contributed by atoms with van der Waals surface area (Å²) in [5.74, 6) is -1.45. The third-order valence-electron chi connectivity index (χ3n) is 3.70. The Kier molecular flexibility index (Phi) is 6.71. The van der Waals surface area contributed by atoms with Crippen LogP contribution in [-0.2, 0) is 4.79 Å². The van der Waals surface area contributed by atoms with Crippen molar-refractivity contribution in [3.8, 4) is 17.0 Å². The van der Waals surface area contributed by atoms with Crippen LogP contribution in [0.3, 0.4) is 0 Å². The van der Waals surface area contributed by atoms with Gasteiger partial charge in [-0.05, 0) is 24.3 Å². The molecule has 0 saturated heterocycles. The molecule has 0 aliphatic rings. The van der Waals surface area contributed by atoms with Gasteiger partial charge in [0.1, 0.15) is 18.1 Å². The fraction of sp³-hybridized carbons (Fsp3) is 0.105. The highest BCUT2D eigenvalue weighted by Crippen LogP contribution is 2.33. The van der Waals surface area contributed by atoms with Crippen molar-refractivity contribution >= 4 is 46.6 Å². The van der Waals surface area contributed by atoms with Crippen LogP contribution >= 0.6 is 23.2 Å². The van der Waals surface area contributed by atoms with Crippen LogP contribution < -0.4 is 15.4 Å². The average Bonchev–Trinajstić information content (AvgIpc) is 2.69. The summed E-state index contributed by atoms with van der Waals surface area (Å²) in [6.45, 7) is -0.474. The third-order valence-corrected chi connectivity index (χ3v) is 4.52. The number of rotatable bonds is 7. The molecule has 0 aliphatic carbocycles. The molecule has 0 amide bonds. The van der Waals surface area contributed by atoms with Gasteiger partial charge in [0.15, 0.2) is 0 Å². The fourth-order valence-electron chi connectivity index (χ4n) is 2.48. The second-order valence-electron chi connectivity index (χ2n) is 6.01. The standard InChI is InChI=1S/C19H13Cl2F3N4O3/c20-12-5-2-6-13(17(12)21)26-15-8-14(27-18(28-15)25-9-16(29)30)10-3-1-4-11(7-10)31-19(22,23)24/h1-8H,9H2,(H,29,30)(H2,25,26,27,28). The lowest BCUT2D eigenvalue weighted by Gasteiger charge is -2.13. The van der Waals surface area contributed by atoms with E-state index >= 15 is 0 Å². The molecule has 0 fully saturated rings. The summed E-state index contributed by atoms with van der Waals surface area (Å²) in [4.78, 5) is 19.2. The minimum Gasteiger partial charge on any atom is -0.480 e. The van der Waals surface area contributed by atoms with Gasteiger partial charge < -0.3 is 20.5 Å². The van der Waals surface area contributed by atoms with Crippen molar-refractivity contribution in [2.45, 2.75) is 6.36 Å². The van der Waals surface area contributed by atoms with Crippen molar-refractivity contribution in [2.75, 3.05) is 17.2 Å². The van der Waals surface area contributed by atoms with Crippen molar-refractivity contribution < 1.29 is 27.8 Å². The largest absolute Gasteiger partial charge is 0.573 e. The molecule has 162 valence electrons. The van der Waals surface area contributed by atoms with E-state index in [0.717, 1.165) is 12.1 Å². The molecule has 3 aromatic rings. The van der Waals surface area contributed by atoms with Gasteiger partial charge in [0, 0.05) is 11.6 Å². The zero-order valence-electron chi connectivity index (χ0n) is 15.4. The molecule has 1 aromatic heterocycles. The Balaban J connectivity index is 2.00. The number of hydrogen-bond acceptors (Lipinski definition) is 6. The summed E-state index contributed by atoms with van der Waals surface area (Å²) in [5, 5.41) is 14.9. The van der Waals surface area contributed by atoms with Gasteiger partial charge in [-0.1, -0.05) is 41.4 Å². The summed E-state index contributed by atoms with van der Waals surface area (Å²) in [6, 6.07) is 11.5. The van der Waals surface area contributed by atoms with E-state index in [1.54, 1.807) is 18.2 Å². The summed E-state index contributed by atoms with van der Waals surface area (Å²) in [7, 11) is 0. The fourth-order valence-corrected chi connectivity index (χ4v) is 2.83. The smallest absolute Gasteiger partial charge is 0.480 e. The first kappa shape index (κ1) is 22.4. The first-order valence-corrected chi connectivity index (χ1v) is 9.28. The number of carboxylic acid groups (broad SMARTS) is 1. The van der Waals surface area contributed by atoms with E-state index in [1.165, 1.54) is 18.2 Å². The summed E-state index contributed by atoms with van der Waals surface area (Å²) >= 11 is 12.2. The maximum Gasteiger partial charge on any atom is 0.573 e. The number of alkyl halides is 3. The molecule has 31 heavy (non-hydrogen) atoms. The molecule has 0 unspecified atom stereocenters. The van der Waals surface area contributed by atoms with Crippen molar-refractivity contribution in [1.29, 1.82) is 0 Å². The first-order valence-electron chi connectivity index (χ1n) is 8.53. The number of anilines is 3. The van der Waals surface area contributed by atoms with Gasteiger partial charge in [0.25, 0.3) is 0 Å². The Morgan fingerprint density at radius 2 is 1.84 bits per heavy atom. The van der Waals surface area contributed by atoms with Crippen molar-refractivity contribution in [1.82, 2.24) is 9.97 Å². The second-order valence-corrected chi connectivity index (χ2v) is 6.80. The number of aliphatic carboxylic acids is 1. The van der Waals surface area contributed by atoms with Gasteiger partial charge in [-0.3, -0.25) is 4.79 Å². The van der Waals surface area contributed by atoms with Gasteiger partial charge in [0.2, 0.25) is 5.95 Å². The number of nitrogens with zero attached hydrogens (tertiary/aromatic N) is 2. The van der Waals surface area contributed by atoms with Crippen LogP contribution in [0.2, 0.25) is 10.0 Å². The van der Waals surface area contributed by atoms with Gasteiger partial charge in [-0.25, -0.2) is 4.98 Å². The molecule has 3 N–H and O–H groups in total. The predicted molar refractivity (Wildman–Crippen MR) is 110 cm³/mol. The maximum absolute atomic E-state index is 12.5. The van der Waals surface area contributed by atoms with E-state index in [9.17, 15) is 18.0 Å². The van der Waals surface area contributed by atoms with E-state index < -0.39 is 24.6 Å². The van der Waals surface area contributed by atoms with E-state index in [2.05, 4.69) is 25.3 Å². The molecule has 0 saturated carbocycles. The molecular weight excluding hydrogens is 460 g/mol. The van der Waals surface area contributed by atoms with E-state index in [0.29, 0.717) is 10.7 Å². The van der Waals surface area contributed by atoms with E-state index in [4.69, 9.17) is 28.3 Å². The highest BCUT2D eigenvalue weighted by atomic mass is 35.5. The number of benzene rings is 2. The molecule has 0 atom stereocenters. The van der Waals surface area contributed by atoms with Gasteiger partial charge in [-0.15, -0.1) is 13.2 Å². The SMILES string of the molecule is O=C(O)CNc1nc(Nc2cccc(Cl)c2Cl)cc(-c2cccc(OC(F)(F)F)c2)n1. The molecule has 0 aliphatic heterocycles. The molecule has 12 heteroatoms. The molecule has 7 nitrogen and oxygen atoms in total. The van der Waals surface area contributed by atoms with E-state index in [1.807, 2.05) is 0 Å². The number of hydrogen-bond donors (Lipinski definition) is 3. The first-order chi connectivity index (χ1) is 14.6. The van der Waals surface area contributed by atoms with Crippen molar-refractivity contribution in [3.63, 3.8) is 0 Å². The zero-order valence-corrected chi connectivity index (χ0v) is 16.9. The highest BCUT2D eigenvalue weighted by Gasteiger charge is 2.31. The van der Waals surface area contributed by atoms with Crippen LogP contribution in [0.5, 0.6) is 5.75 Å². The lowest BCUT2D eigenvalue weighted by Crippen LogP contribution is -2.17. The van der Waals surface area contributed by atoms with Crippen molar-refractivity contribution in [3.05, 3.63) is 58.6 Å². The van der Waals surface area contributed by atoms with Gasteiger partial charge in [0.05, 0.1) is 21.4 Å². The van der Waals surface area contributed by atoms with Crippen LogP contribution in [-0.4, -0.2) is 34.0 Å². The Hall–Kier alpha value is -3.24. The molecular formula is C19H13Cl2F3N4O3. The Morgan fingerprint density at radius 3 is 2.55 bits per heavy atom. The number of halogens is 5. The molecule has 0 spiro atoms. The molecule has 0 radical (unpaired) electrons. The highest BCUT2D eigenvalue weighted by molar-refractivity contribution is 6.43. The van der Waals surface area contributed by atoms with Crippen LogP contribution in [0.1, 0.15) is 0 Å². The lowest BCUT2D eigenvalue weighted by molar-refractivity contribution is -0.274. The van der Waals surface area contributed by atoms with Crippen molar-refractivity contribution in [2.24, 2.45) is 0 Å². The quantitative estimate of drug-likeness (QED) is 0.412. The second kappa shape index (κ2) is 9.27. The number of carbonyl (C=O) groups is 1. The number of aromatic nitrogens is 2. The molecule has 3 rings (SSSR count). The minimum atomic E-state index is -4.85. The zero-order chi connectivity index (χ0) is 22.6. The lowest BCUT2D eigenvalue weighted by atomic mass is 10.1. The summed E-state index contributed by atoms with van der Waals surface area (Å²) < 4.78 is 41.6. The molecule has 1 heterocycles. The maximum atomic E-state index is 12.5. The Bertz CT molecular complexity index is 1110. The average molecular weight is 473 g/mol. The number of carboxylic acids is 1. The Morgan fingerprint density at radius 1 is 1.10 bits per heavy atom. The van der Waals surface area contributed by atoms with Crippen LogP contribution in [0.25, 0.3) is 11.3 Å². The molecule has 0 bridgehead atoms. The van der Waals surface area contributed by atoms with E-state index in [-0.39, 0.29) is 28.0 Å². The monoisotopic (exact) mass is 472 g/mol. The number of nitrogens with one attached hydrogen (secondary N) is 2. The van der Waals surface area contributed by atoms with Crippen LogP contribution in [0.4, 0.5) is 30.6 Å². The summed E-state index contributed by atoms with van der Waals surface area (Å²) in [5.41, 5.74) is 0.899. The third kappa shape index (κ3) is 6.37. The topological polar surface area (TPSA) is 96.4 Å².